The predicted octanol–water partition coefficient (Wildman–Crippen LogP) is 1.93. The van der Waals surface area contributed by atoms with Crippen LogP contribution in [0.5, 0.6) is 0 Å². The van der Waals surface area contributed by atoms with E-state index in [-0.39, 0.29) is 0 Å². The zero-order chi connectivity index (χ0) is 8.60. The number of rotatable bonds is 2. The fraction of sp³-hybridized carbons (Fsp3) is 1.00. The van der Waals surface area contributed by atoms with Crippen LogP contribution in [0.2, 0.25) is 0 Å². The van der Waals surface area contributed by atoms with E-state index in [4.69, 9.17) is 0 Å². The first kappa shape index (κ1) is 8.85. The van der Waals surface area contributed by atoms with Crippen LogP contribution in [0.25, 0.3) is 0 Å². The van der Waals surface area contributed by atoms with Gasteiger partial charge < -0.3 is 0 Å². The molecule has 3 heteroatoms. The highest BCUT2D eigenvalue weighted by atomic mass is 32.2. The van der Waals surface area contributed by atoms with Crippen LogP contribution in [-0.2, 0) is 11.4 Å². The molecule has 70 valence electrons. The van der Waals surface area contributed by atoms with Crippen molar-refractivity contribution in [2.45, 2.75) is 44.6 Å². The molecule has 0 aromatic carbocycles. The summed E-state index contributed by atoms with van der Waals surface area (Å²) in [5, 5.41) is 0. The third kappa shape index (κ3) is 1.63. The Kier molecular flexibility index (Phi) is 2.36. The van der Waals surface area contributed by atoms with Crippen LogP contribution >= 0.6 is 0 Å². The van der Waals surface area contributed by atoms with Crippen molar-refractivity contribution in [3.8, 4) is 0 Å². The molecule has 2 atom stereocenters. The van der Waals surface area contributed by atoms with Gasteiger partial charge in [0, 0.05) is 0 Å². The van der Waals surface area contributed by atoms with Gasteiger partial charge in [0.05, 0.1) is 6.04 Å². The summed E-state index contributed by atoms with van der Waals surface area (Å²) in [7, 11) is 0. The molecule has 0 aromatic rings. The Morgan fingerprint density at radius 2 is 2.00 bits per heavy atom. The van der Waals surface area contributed by atoms with E-state index >= 15 is 0 Å². The first-order valence-electron chi connectivity index (χ1n) is 4.84. The molecule has 1 spiro atoms. The second-order valence-electron chi connectivity index (χ2n) is 4.28. The summed E-state index contributed by atoms with van der Waals surface area (Å²) in [6.07, 6.45) is 10.2. The summed E-state index contributed by atoms with van der Waals surface area (Å²) in [4.78, 5) is 0. The van der Waals surface area contributed by atoms with E-state index in [1.807, 2.05) is 6.26 Å². The van der Waals surface area contributed by atoms with Gasteiger partial charge in [-0.05, 0) is 24.7 Å². The molecule has 0 aliphatic heterocycles. The maximum atomic E-state index is 9.19. The molecule has 2 rings (SSSR count). The quantitative estimate of drug-likeness (QED) is 0.649. The van der Waals surface area contributed by atoms with Gasteiger partial charge >= 0.3 is 0 Å². The van der Waals surface area contributed by atoms with E-state index in [0.717, 1.165) is 0 Å². The van der Waals surface area contributed by atoms with Gasteiger partial charge in [-0.15, -0.1) is 4.72 Å². The van der Waals surface area contributed by atoms with Gasteiger partial charge in [0.25, 0.3) is 0 Å². The van der Waals surface area contributed by atoms with E-state index in [9.17, 15) is 4.55 Å². The van der Waals surface area contributed by atoms with Crippen LogP contribution in [0.1, 0.15) is 38.5 Å². The third-order valence-electron chi connectivity index (χ3n) is 3.35. The van der Waals surface area contributed by atoms with Crippen LogP contribution in [0, 0.1) is 5.41 Å². The van der Waals surface area contributed by atoms with Crippen LogP contribution in [0.4, 0.5) is 0 Å². The lowest BCUT2D eigenvalue weighted by Gasteiger charge is -2.21. The van der Waals surface area contributed by atoms with Crippen LogP contribution in [0.15, 0.2) is 0 Å². The van der Waals surface area contributed by atoms with Gasteiger partial charge in [-0.2, -0.15) is 4.55 Å². The molecule has 0 radical (unpaired) electrons. The van der Waals surface area contributed by atoms with Gasteiger partial charge in [0.1, 0.15) is 0 Å². The summed E-state index contributed by atoms with van der Waals surface area (Å²) < 4.78 is 12.5. The molecule has 2 aliphatic rings. The molecule has 2 nitrogen and oxygen atoms in total. The van der Waals surface area contributed by atoms with Crippen molar-refractivity contribution >= 4 is 11.4 Å². The first-order chi connectivity index (χ1) is 5.73. The summed E-state index contributed by atoms with van der Waals surface area (Å²) in [5.74, 6) is 0. The topological polar surface area (TPSA) is 32.3 Å². The van der Waals surface area contributed by atoms with Crippen molar-refractivity contribution in [2.24, 2.45) is 5.41 Å². The lowest BCUT2D eigenvalue weighted by Crippen LogP contribution is -2.29. The summed E-state index contributed by atoms with van der Waals surface area (Å²) >= 11 is -0.561. The normalized spacial score (nSPS) is 35.0. The Morgan fingerprint density at radius 1 is 1.33 bits per heavy atom. The van der Waals surface area contributed by atoms with E-state index in [1.165, 1.54) is 38.5 Å². The minimum absolute atomic E-state index is 0.561. The zero-order valence-corrected chi connectivity index (χ0v) is 8.49. The van der Waals surface area contributed by atoms with Gasteiger partial charge in [-0.25, -0.2) is 0 Å². The highest BCUT2D eigenvalue weighted by molar-refractivity contribution is 7.88. The van der Waals surface area contributed by atoms with Crippen molar-refractivity contribution in [3.63, 3.8) is 0 Å². The Hall–Kier alpha value is 0.270. The predicted molar refractivity (Wildman–Crippen MR) is 53.0 cm³/mol. The van der Waals surface area contributed by atoms with Gasteiger partial charge in [0.15, 0.2) is 6.26 Å². The number of nitrogens with one attached hydrogen (secondary N) is 1. The molecule has 2 aliphatic carbocycles. The molecule has 2 saturated carbocycles. The largest absolute Gasteiger partial charge is 0.231 e. The zero-order valence-electron chi connectivity index (χ0n) is 7.68. The average Bonchev–Trinajstić information content (AvgIpc) is 2.63. The molecule has 0 amide bonds. The number of hydrogen-bond acceptors (Lipinski definition) is 2. The average molecular weight is 188 g/mol. The molecule has 1 unspecified atom stereocenters. The van der Waals surface area contributed by atoms with Crippen molar-refractivity contribution in [1.29, 1.82) is 0 Å². The van der Waals surface area contributed by atoms with Crippen molar-refractivity contribution in [3.05, 3.63) is 0 Å². The van der Waals surface area contributed by atoms with Gasteiger partial charge in [-0.3, -0.25) is 0 Å². The second-order valence-corrected chi connectivity index (χ2v) is 5.47. The van der Waals surface area contributed by atoms with Crippen LogP contribution in [0.3, 0.4) is 0 Å². The highest BCUT2D eigenvalue weighted by Crippen LogP contribution is 2.56. The van der Waals surface area contributed by atoms with Crippen LogP contribution in [-0.4, -0.2) is 16.9 Å². The minimum atomic E-state index is -0.561. The molecule has 0 bridgehead atoms. The SMILES string of the molecule is C[S+](O)N[C@@H]1CC12CCCCC2. The van der Waals surface area contributed by atoms with Gasteiger partial charge in [0.2, 0.25) is 11.4 Å². The molecule has 12 heavy (non-hydrogen) atoms. The van der Waals surface area contributed by atoms with E-state index in [0.29, 0.717) is 11.5 Å². The monoisotopic (exact) mass is 188 g/mol. The summed E-state index contributed by atoms with van der Waals surface area (Å²) in [5.41, 5.74) is 0.613. The standard InChI is InChI=1S/C9H18NOS/c1-12(11)10-8-7-9(8)5-3-2-4-6-9/h8,10-11H,2-7H2,1H3/q+1/t8-,12?/m1/s1. The fourth-order valence-corrected chi connectivity index (χ4v) is 3.27. The highest BCUT2D eigenvalue weighted by Gasteiger charge is 2.56. The first-order valence-corrected chi connectivity index (χ1v) is 6.43. The Balaban J connectivity index is 1.83. The van der Waals surface area contributed by atoms with E-state index in [2.05, 4.69) is 4.72 Å². The van der Waals surface area contributed by atoms with Crippen LogP contribution < -0.4 is 4.72 Å². The lowest BCUT2D eigenvalue weighted by atomic mass is 9.86. The Bertz CT molecular complexity index is 166. The Labute approximate surface area is 77.4 Å². The van der Waals surface area contributed by atoms with Crippen molar-refractivity contribution in [1.82, 2.24) is 4.72 Å². The molecule has 0 aromatic heterocycles. The Morgan fingerprint density at radius 3 is 2.58 bits per heavy atom. The summed E-state index contributed by atoms with van der Waals surface area (Å²) in [6, 6.07) is 0.635. The molecule has 0 heterocycles. The second kappa shape index (κ2) is 3.20. The third-order valence-corrected chi connectivity index (χ3v) is 3.98. The van der Waals surface area contributed by atoms with Gasteiger partial charge in [-0.1, -0.05) is 19.3 Å². The van der Waals surface area contributed by atoms with E-state index < -0.39 is 11.4 Å². The molecule has 2 N–H and O–H groups in total. The lowest BCUT2D eigenvalue weighted by molar-refractivity contribution is 0.321. The maximum absolute atomic E-state index is 9.19. The van der Waals surface area contributed by atoms with Crippen molar-refractivity contribution in [2.75, 3.05) is 6.26 Å². The van der Waals surface area contributed by atoms with E-state index in [1.54, 1.807) is 0 Å². The number of hydrogen-bond donors (Lipinski definition) is 2. The molecule has 0 saturated heterocycles. The molecule has 2 fully saturated rings. The smallest absolute Gasteiger partial charge is 0.167 e. The fourth-order valence-electron chi connectivity index (χ4n) is 2.53. The maximum Gasteiger partial charge on any atom is 0.231 e. The molecular weight excluding hydrogens is 170 g/mol. The molecular formula is C9H18NOS+. The minimum Gasteiger partial charge on any atom is -0.167 e. The van der Waals surface area contributed by atoms with Crippen molar-refractivity contribution < 1.29 is 4.55 Å². The summed E-state index contributed by atoms with van der Waals surface area (Å²) in [6.45, 7) is 0.